The summed E-state index contributed by atoms with van der Waals surface area (Å²) in [7, 11) is 1.75. The molecular weight excluding hydrogens is 282 g/mol. The summed E-state index contributed by atoms with van der Waals surface area (Å²) in [6.45, 7) is 1.91. The lowest BCUT2D eigenvalue weighted by Gasteiger charge is -2.11. The first-order valence-electron chi connectivity index (χ1n) is 6.76. The lowest BCUT2D eigenvalue weighted by Crippen LogP contribution is -2.09. The van der Waals surface area contributed by atoms with Crippen LogP contribution in [-0.4, -0.2) is 10.4 Å². The van der Waals surface area contributed by atoms with E-state index in [2.05, 4.69) is 0 Å². The van der Waals surface area contributed by atoms with Gasteiger partial charge in [0, 0.05) is 18.5 Å². The van der Waals surface area contributed by atoms with Gasteiger partial charge in [-0.05, 0) is 23.8 Å². The van der Waals surface area contributed by atoms with Crippen molar-refractivity contribution in [1.82, 2.24) is 4.57 Å². The average Bonchev–Trinajstić information content (AvgIpc) is 2.81. The highest BCUT2D eigenvalue weighted by molar-refractivity contribution is 7.16. The summed E-state index contributed by atoms with van der Waals surface area (Å²) in [4.78, 5) is 24.3. The number of hydrogen-bond donors (Lipinski definition) is 0. The van der Waals surface area contributed by atoms with E-state index < -0.39 is 0 Å². The van der Waals surface area contributed by atoms with Gasteiger partial charge in [0.05, 0.1) is 10.2 Å². The Bertz CT molecular complexity index is 861. The number of carbonyl (C=O) groups is 1. The molecule has 0 spiro atoms. The van der Waals surface area contributed by atoms with Crippen molar-refractivity contribution in [2.24, 2.45) is 7.05 Å². The van der Waals surface area contributed by atoms with Crippen molar-refractivity contribution < 1.29 is 4.79 Å². The van der Waals surface area contributed by atoms with Crippen LogP contribution in [0.3, 0.4) is 0 Å². The number of thiazole rings is 1. The summed E-state index contributed by atoms with van der Waals surface area (Å²) in [5.74, 6) is -0.115. The number of rotatable bonds is 3. The number of hydrogen-bond acceptors (Lipinski definition) is 3. The molecule has 3 aromatic rings. The molecule has 0 fully saturated rings. The molecular formula is C17H15NO2S. The lowest BCUT2D eigenvalue weighted by molar-refractivity contribution is 0.0966. The van der Waals surface area contributed by atoms with Crippen LogP contribution in [0.1, 0.15) is 28.8 Å². The van der Waals surface area contributed by atoms with Crippen LogP contribution in [0.2, 0.25) is 0 Å². The largest absolute Gasteiger partial charge is 0.307 e. The van der Waals surface area contributed by atoms with Crippen molar-refractivity contribution in [1.29, 1.82) is 0 Å². The predicted octanol–water partition coefficient (Wildman–Crippen LogP) is 3.59. The third-order valence-electron chi connectivity index (χ3n) is 3.77. The maximum atomic E-state index is 12.6. The molecule has 0 saturated heterocycles. The molecule has 0 N–H and O–H groups in total. The van der Waals surface area contributed by atoms with Gasteiger partial charge in [0.1, 0.15) is 0 Å². The average molecular weight is 297 g/mol. The van der Waals surface area contributed by atoms with Gasteiger partial charge in [-0.2, -0.15) is 0 Å². The number of ketones is 1. The van der Waals surface area contributed by atoms with Crippen molar-refractivity contribution in [3.8, 4) is 0 Å². The van der Waals surface area contributed by atoms with Gasteiger partial charge in [-0.3, -0.25) is 9.59 Å². The Morgan fingerprint density at radius 1 is 1.14 bits per heavy atom. The van der Waals surface area contributed by atoms with E-state index in [1.165, 1.54) is 11.3 Å². The molecule has 1 heterocycles. The topological polar surface area (TPSA) is 39.1 Å². The van der Waals surface area contributed by atoms with Gasteiger partial charge in [-0.25, -0.2) is 0 Å². The molecule has 1 unspecified atom stereocenters. The zero-order chi connectivity index (χ0) is 15.0. The minimum atomic E-state index is -0.191. The Balaban J connectivity index is 2.00. The summed E-state index contributed by atoms with van der Waals surface area (Å²) in [6.07, 6.45) is 0. The SMILES string of the molecule is CC(C(=O)c1ccc2c(c1)sc(=O)n2C)c1ccccc1. The van der Waals surface area contributed by atoms with E-state index in [0.717, 1.165) is 15.8 Å². The highest BCUT2D eigenvalue weighted by atomic mass is 32.1. The van der Waals surface area contributed by atoms with E-state index in [4.69, 9.17) is 0 Å². The summed E-state index contributed by atoms with van der Waals surface area (Å²) >= 11 is 1.17. The molecule has 0 bridgehead atoms. The molecule has 3 rings (SSSR count). The Labute approximate surface area is 126 Å². The Hall–Kier alpha value is -2.20. The third-order valence-corrected chi connectivity index (χ3v) is 4.77. The first-order chi connectivity index (χ1) is 10.1. The van der Waals surface area contributed by atoms with Crippen LogP contribution in [0.5, 0.6) is 0 Å². The molecule has 1 aromatic heterocycles. The van der Waals surface area contributed by atoms with Crippen molar-refractivity contribution in [3.05, 3.63) is 69.3 Å². The molecule has 0 amide bonds. The van der Waals surface area contributed by atoms with Gasteiger partial charge in [-0.1, -0.05) is 48.6 Å². The predicted molar refractivity (Wildman–Crippen MR) is 86.3 cm³/mol. The standard InChI is InChI=1S/C17H15NO2S/c1-11(12-6-4-3-5-7-12)16(19)13-8-9-14-15(10-13)21-17(20)18(14)2/h3-11H,1-2H3. The number of carbonyl (C=O) groups excluding carboxylic acids is 1. The van der Waals surface area contributed by atoms with E-state index in [1.54, 1.807) is 17.7 Å². The quantitative estimate of drug-likeness (QED) is 0.693. The number of aryl methyl sites for hydroxylation is 1. The molecule has 0 saturated carbocycles. The zero-order valence-electron chi connectivity index (χ0n) is 11.9. The molecule has 0 aliphatic carbocycles. The molecule has 0 radical (unpaired) electrons. The fourth-order valence-electron chi connectivity index (χ4n) is 2.43. The molecule has 21 heavy (non-hydrogen) atoms. The van der Waals surface area contributed by atoms with Crippen molar-refractivity contribution in [2.75, 3.05) is 0 Å². The van der Waals surface area contributed by atoms with Crippen LogP contribution >= 0.6 is 11.3 Å². The monoisotopic (exact) mass is 297 g/mol. The minimum Gasteiger partial charge on any atom is -0.302 e. The Morgan fingerprint density at radius 2 is 1.86 bits per heavy atom. The first-order valence-corrected chi connectivity index (χ1v) is 7.58. The number of aromatic nitrogens is 1. The number of fused-ring (bicyclic) bond motifs is 1. The van der Waals surface area contributed by atoms with E-state index in [0.29, 0.717) is 5.56 Å². The second-order valence-corrected chi connectivity index (χ2v) is 6.10. The van der Waals surface area contributed by atoms with E-state index in [-0.39, 0.29) is 16.6 Å². The molecule has 3 nitrogen and oxygen atoms in total. The molecule has 106 valence electrons. The lowest BCUT2D eigenvalue weighted by atomic mass is 9.92. The molecule has 1 atom stereocenters. The van der Waals surface area contributed by atoms with Gasteiger partial charge in [-0.15, -0.1) is 0 Å². The van der Waals surface area contributed by atoms with Crippen LogP contribution in [0.25, 0.3) is 10.2 Å². The van der Waals surface area contributed by atoms with Gasteiger partial charge in [0.15, 0.2) is 5.78 Å². The van der Waals surface area contributed by atoms with Crippen molar-refractivity contribution in [2.45, 2.75) is 12.8 Å². The molecule has 4 heteroatoms. The summed E-state index contributed by atoms with van der Waals surface area (Å²) in [5, 5.41) is 0. The summed E-state index contributed by atoms with van der Waals surface area (Å²) in [6, 6.07) is 15.2. The smallest absolute Gasteiger partial charge is 0.302 e. The minimum absolute atomic E-state index is 0.00860. The van der Waals surface area contributed by atoms with E-state index >= 15 is 0 Å². The van der Waals surface area contributed by atoms with Crippen molar-refractivity contribution in [3.63, 3.8) is 0 Å². The molecule has 0 aliphatic rings. The normalized spacial score (nSPS) is 12.5. The first kappa shape index (κ1) is 13.8. The number of benzene rings is 2. The third kappa shape index (κ3) is 2.43. The maximum Gasteiger partial charge on any atom is 0.307 e. The fourth-order valence-corrected chi connectivity index (χ4v) is 3.35. The summed E-state index contributed by atoms with van der Waals surface area (Å²) < 4.78 is 2.46. The number of Topliss-reactive ketones (excluding diaryl/α,β-unsaturated/α-hetero) is 1. The van der Waals surface area contributed by atoms with Crippen LogP contribution in [0, 0.1) is 0 Å². The highest BCUT2D eigenvalue weighted by Crippen LogP contribution is 2.24. The summed E-state index contributed by atoms with van der Waals surface area (Å²) in [5.41, 5.74) is 2.53. The van der Waals surface area contributed by atoms with Gasteiger partial charge >= 0.3 is 4.87 Å². The van der Waals surface area contributed by atoms with Crippen LogP contribution in [0.15, 0.2) is 53.3 Å². The second kappa shape index (κ2) is 5.30. The van der Waals surface area contributed by atoms with Crippen molar-refractivity contribution >= 4 is 27.3 Å². The van der Waals surface area contributed by atoms with Crippen LogP contribution < -0.4 is 4.87 Å². The maximum absolute atomic E-state index is 12.6. The van der Waals surface area contributed by atoms with Gasteiger partial charge < -0.3 is 4.57 Å². The molecule has 0 aliphatic heterocycles. The fraction of sp³-hybridized carbons (Fsp3) is 0.176. The Kier molecular flexibility index (Phi) is 3.47. The van der Waals surface area contributed by atoms with E-state index in [1.807, 2.05) is 49.4 Å². The second-order valence-electron chi connectivity index (χ2n) is 5.11. The van der Waals surface area contributed by atoms with Crippen LogP contribution in [-0.2, 0) is 7.05 Å². The number of nitrogens with zero attached hydrogens (tertiary/aromatic N) is 1. The highest BCUT2D eigenvalue weighted by Gasteiger charge is 2.18. The molecule has 2 aromatic carbocycles. The van der Waals surface area contributed by atoms with Gasteiger partial charge in [0.2, 0.25) is 0 Å². The Morgan fingerprint density at radius 3 is 2.57 bits per heavy atom. The van der Waals surface area contributed by atoms with Crippen LogP contribution in [0.4, 0.5) is 0 Å². The van der Waals surface area contributed by atoms with E-state index in [9.17, 15) is 9.59 Å². The van der Waals surface area contributed by atoms with Gasteiger partial charge in [0.25, 0.3) is 0 Å². The zero-order valence-corrected chi connectivity index (χ0v) is 12.7.